The van der Waals surface area contributed by atoms with Gasteiger partial charge >= 0.3 is 0 Å². The number of aryl methyl sites for hydroxylation is 2. The summed E-state index contributed by atoms with van der Waals surface area (Å²) in [5, 5.41) is 10.7. The molecule has 0 aliphatic carbocycles. The van der Waals surface area contributed by atoms with Crippen LogP contribution in [0.3, 0.4) is 0 Å². The standard InChI is InChI=1S/C20H14NS.C14H14NS.C11H20O2.Ir/c1-14-11-12-20(22-14)19-13-17(15-7-3-2-4-8-15)16-9-5-6-10-18(16)21-19;1-4-5-12-8-10(2)15-13(9-12)14-7-6-11(3)16-14;1-10(2,3)8(12)7-9(13)11(4,5)6;/h2-11,13H,1H3;4,6,9H,1-2,5,8H2,3H3;7,12H,1-6H3;/q2*-1;;/b;;8-7-;. The Labute approximate surface area is 331 Å². The second-order valence-corrected chi connectivity index (χ2v) is 17.0. The number of aromatic nitrogens is 1. The summed E-state index contributed by atoms with van der Waals surface area (Å²) in [5.74, 6) is 0.104. The van der Waals surface area contributed by atoms with E-state index in [4.69, 9.17) is 4.98 Å². The Bertz CT molecular complexity index is 2100. The van der Waals surface area contributed by atoms with E-state index in [-0.39, 0.29) is 37.1 Å². The molecule has 0 spiro atoms. The molecule has 0 saturated heterocycles. The second-order valence-electron chi connectivity index (χ2n) is 14.5. The summed E-state index contributed by atoms with van der Waals surface area (Å²) in [5.41, 5.74) is 6.94. The molecule has 0 fully saturated rings. The number of aliphatic hydroxyl groups excluding tert-OH is 1. The number of benzene rings is 2. The predicted octanol–water partition coefficient (Wildman–Crippen LogP) is 12.9. The van der Waals surface area contributed by atoms with Crippen LogP contribution in [0.2, 0.25) is 0 Å². The van der Waals surface area contributed by atoms with E-state index in [1.165, 1.54) is 37.9 Å². The van der Waals surface area contributed by atoms with Crippen molar-refractivity contribution in [3.8, 4) is 21.7 Å². The van der Waals surface area contributed by atoms with E-state index in [0.717, 1.165) is 45.2 Å². The third-order valence-electron chi connectivity index (χ3n) is 7.84. The molecule has 0 unspecified atom stereocenters. The van der Waals surface area contributed by atoms with Crippen molar-refractivity contribution in [1.29, 1.82) is 0 Å². The SMILES string of the molecule is C=CCC1=CC(c2[c-]cc(C)s2)=NC(=C)C1.CC(C)(C)C(=O)/C=C(\O)C(C)(C)C.Cc1c[c-]c(-c2cc(-c3ccccc3)c3ccccc3n2)s1.[Ir]. The topological polar surface area (TPSA) is 62.5 Å². The molecule has 4 heterocycles. The minimum atomic E-state index is -0.417. The fourth-order valence-electron chi connectivity index (χ4n) is 4.91. The Balaban J connectivity index is 0.000000218. The average Bonchev–Trinajstić information content (AvgIpc) is 3.72. The van der Waals surface area contributed by atoms with Gasteiger partial charge in [-0.2, -0.15) is 24.3 Å². The third-order valence-corrected chi connectivity index (χ3v) is 9.78. The van der Waals surface area contributed by atoms with Gasteiger partial charge in [0.05, 0.1) is 5.52 Å². The van der Waals surface area contributed by atoms with Gasteiger partial charge in [-0.15, -0.1) is 6.58 Å². The largest absolute Gasteiger partial charge is 0.512 e. The van der Waals surface area contributed by atoms with Crippen LogP contribution in [-0.2, 0) is 24.9 Å². The number of dihydropyridines is 1. The molecule has 1 N–H and O–H groups in total. The van der Waals surface area contributed by atoms with Gasteiger partial charge < -0.3 is 15.1 Å². The number of hydrogen-bond donors (Lipinski definition) is 1. The monoisotopic (exact) mass is 905 g/mol. The number of hydrogen-bond acceptors (Lipinski definition) is 6. The number of pyridine rings is 1. The first kappa shape index (κ1) is 42.4. The van der Waals surface area contributed by atoms with Gasteiger partial charge in [-0.1, -0.05) is 154 Å². The molecule has 0 amide bonds. The number of allylic oxidation sites excluding steroid dienone is 5. The van der Waals surface area contributed by atoms with Crippen molar-refractivity contribution >= 4 is 45.1 Å². The number of nitrogens with zero attached hydrogens (tertiary/aromatic N) is 2. The molecular formula is C45H48IrN2O2S2-2. The Kier molecular flexibility index (Phi) is 15.2. The molecule has 52 heavy (non-hydrogen) atoms. The van der Waals surface area contributed by atoms with Crippen LogP contribution in [0.5, 0.6) is 0 Å². The molecule has 2 aromatic carbocycles. The summed E-state index contributed by atoms with van der Waals surface area (Å²) in [7, 11) is 0. The molecule has 7 heteroatoms. The van der Waals surface area contributed by atoms with Crippen LogP contribution in [0.1, 0.15) is 69.0 Å². The number of para-hydroxylation sites is 1. The normalized spacial score (nSPS) is 13.1. The van der Waals surface area contributed by atoms with Crippen molar-refractivity contribution in [2.75, 3.05) is 0 Å². The summed E-state index contributed by atoms with van der Waals surface area (Å²) in [6.45, 7) is 23.0. The maximum Gasteiger partial charge on any atom is 0.164 e. The Morgan fingerprint density at radius 1 is 0.904 bits per heavy atom. The maximum absolute atomic E-state index is 11.5. The Hall–Kier alpha value is -4.00. The van der Waals surface area contributed by atoms with Crippen LogP contribution >= 0.6 is 22.7 Å². The van der Waals surface area contributed by atoms with Crippen LogP contribution in [0.4, 0.5) is 0 Å². The predicted molar refractivity (Wildman–Crippen MR) is 220 cm³/mol. The minimum absolute atomic E-state index is 0. The van der Waals surface area contributed by atoms with Crippen LogP contribution in [0.25, 0.3) is 32.6 Å². The fourth-order valence-corrected chi connectivity index (χ4v) is 6.45. The Morgan fingerprint density at radius 3 is 2.06 bits per heavy atom. The minimum Gasteiger partial charge on any atom is -0.512 e. The number of ketones is 1. The summed E-state index contributed by atoms with van der Waals surface area (Å²) in [6, 6.07) is 31.6. The summed E-state index contributed by atoms with van der Waals surface area (Å²) in [4.78, 5) is 25.5. The van der Waals surface area contributed by atoms with Crippen molar-refractivity contribution in [1.82, 2.24) is 4.98 Å². The van der Waals surface area contributed by atoms with Gasteiger partial charge in [0, 0.05) is 54.5 Å². The first-order valence-electron chi connectivity index (χ1n) is 17.0. The number of aliphatic imine (C=N–C) groups is 1. The second kappa shape index (κ2) is 18.7. The number of carbonyl (C=O) groups excluding carboxylic acids is 1. The van der Waals surface area contributed by atoms with E-state index in [9.17, 15) is 9.90 Å². The zero-order valence-corrected chi connectivity index (χ0v) is 35.4. The molecule has 1 aliphatic rings. The van der Waals surface area contributed by atoms with Crippen molar-refractivity contribution < 1.29 is 30.0 Å². The van der Waals surface area contributed by atoms with Crippen LogP contribution in [-0.4, -0.2) is 21.6 Å². The van der Waals surface area contributed by atoms with Crippen molar-refractivity contribution in [3.05, 3.63) is 148 Å². The molecule has 0 saturated carbocycles. The molecule has 1 radical (unpaired) electrons. The van der Waals surface area contributed by atoms with E-state index in [1.54, 1.807) is 22.7 Å². The van der Waals surface area contributed by atoms with E-state index >= 15 is 0 Å². The number of fused-ring (bicyclic) bond motifs is 1. The third kappa shape index (κ3) is 12.0. The van der Waals surface area contributed by atoms with Crippen molar-refractivity contribution in [3.63, 3.8) is 0 Å². The van der Waals surface area contributed by atoms with Crippen LogP contribution in [0.15, 0.2) is 126 Å². The number of thiophene rings is 2. The van der Waals surface area contributed by atoms with Crippen molar-refractivity contribution in [2.24, 2.45) is 15.8 Å². The summed E-state index contributed by atoms with van der Waals surface area (Å²) >= 11 is 3.45. The van der Waals surface area contributed by atoms with E-state index in [0.29, 0.717) is 0 Å². The van der Waals surface area contributed by atoms with E-state index in [1.807, 2.05) is 71.9 Å². The van der Waals surface area contributed by atoms with Crippen LogP contribution in [0, 0.1) is 36.8 Å². The molecule has 0 atom stereocenters. The van der Waals surface area contributed by atoms with Gasteiger partial charge in [-0.05, 0) is 35.0 Å². The number of carbonyl (C=O) groups is 1. The molecule has 5 aromatic rings. The zero-order chi connectivity index (χ0) is 37.3. The van der Waals surface area contributed by atoms with Gasteiger partial charge in [0.2, 0.25) is 0 Å². The quantitative estimate of drug-likeness (QED) is 0.0799. The molecule has 6 rings (SSSR count). The van der Waals surface area contributed by atoms with E-state index < -0.39 is 5.41 Å². The zero-order valence-electron chi connectivity index (χ0n) is 31.4. The maximum atomic E-state index is 11.5. The molecule has 3 aromatic heterocycles. The average molecular weight is 905 g/mol. The van der Waals surface area contributed by atoms with Gasteiger partial charge in [0.25, 0.3) is 0 Å². The molecule has 4 nitrogen and oxygen atoms in total. The number of aliphatic hydroxyl groups is 1. The molecule has 273 valence electrons. The van der Waals surface area contributed by atoms with E-state index in [2.05, 4.69) is 98.7 Å². The first-order valence-corrected chi connectivity index (χ1v) is 18.6. The summed E-state index contributed by atoms with van der Waals surface area (Å²) < 4.78 is 0. The summed E-state index contributed by atoms with van der Waals surface area (Å²) in [6.07, 6.45) is 7.16. The smallest absolute Gasteiger partial charge is 0.164 e. The van der Waals surface area contributed by atoms with Gasteiger partial charge in [0.15, 0.2) is 5.78 Å². The van der Waals surface area contributed by atoms with Crippen LogP contribution < -0.4 is 0 Å². The first-order chi connectivity index (χ1) is 24.0. The molecule has 1 aliphatic heterocycles. The fraction of sp³-hybridized carbons (Fsp3) is 0.267. The Morgan fingerprint density at radius 2 is 1.50 bits per heavy atom. The molecule has 0 bridgehead atoms. The number of rotatable bonds is 6. The van der Waals surface area contributed by atoms with Gasteiger partial charge in [-0.25, -0.2) is 22.7 Å². The van der Waals surface area contributed by atoms with Crippen molar-refractivity contribution in [2.45, 2.75) is 68.2 Å². The van der Waals surface area contributed by atoms with Gasteiger partial charge in [-0.3, -0.25) is 4.79 Å². The molecular weight excluding hydrogens is 857 g/mol. The van der Waals surface area contributed by atoms with Gasteiger partial charge in [0.1, 0.15) is 5.76 Å².